The molecule has 1 aromatic rings. The zero-order valence-corrected chi connectivity index (χ0v) is 18.4. The maximum Gasteiger partial charge on any atom is 0.237 e. The molecule has 2 heterocycles. The minimum Gasteiger partial charge on any atom is -0.381 e. The summed E-state index contributed by atoms with van der Waals surface area (Å²) >= 11 is 0. The van der Waals surface area contributed by atoms with Crippen LogP contribution in [0.4, 0.5) is 0 Å². The quantitative estimate of drug-likeness (QED) is 0.724. The van der Waals surface area contributed by atoms with E-state index in [9.17, 15) is 4.79 Å². The van der Waals surface area contributed by atoms with Crippen molar-refractivity contribution in [1.29, 1.82) is 0 Å². The molecule has 3 N–H and O–H groups in total. The summed E-state index contributed by atoms with van der Waals surface area (Å²) in [6.45, 7) is 6.50. The lowest BCUT2D eigenvalue weighted by atomic mass is 9.92. The van der Waals surface area contributed by atoms with E-state index in [-0.39, 0.29) is 36.6 Å². The van der Waals surface area contributed by atoms with Crippen LogP contribution < -0.4 is 11.1 Å². The van der Waals surface area contributed by atoms with E-state index in [0.29, 0.717) is 25.8 Å². The number of hydrogen-bond acceptors (Lipinski definition) is 4. The van der Waals surface area contributed by atoms with Crippen LogP contribution in [0.15, 0.2) is 24.3 Å². The number of piperidine rings is 1. The Morgan fingerprint density at radius 3 is 2.43 bits per heavy atom. The summed E-state index contributed by atoms with van der Waals surface area (Å²) in [4.78, 5) is 14.9. The van der Waals surface area contributed by atoms with Gasteiger partial charge in [0.2, 0.25) is 5.91 Å². The molecule has 0 radical (unpaired) electrons. The van der Waals surface area contributed by atoms with E-state index in [2.05, 4.69) is 41.4 Å². The van der Waals surface area contributed by atoms with Gasteiger partial charge in [-0.15, -0.1) is 24.8 Å². The van der Waals surface area contributed by atoms with Crippen LogP contribution in [0.1, 0.15) is 50.2 Å². The molecule has 7 heteroatoms. The van der Waals surface area contributed by atoms with Gasteiger partial charge in [-0.05, 0) is 56.2 Å². The van der Waals surface area contributed by atoms with Crippen molar-refractivity contribution in [3.05, 3.63) is 35.4 Å². The normalized spacial score (nSPS) is 21.9. The van der Waals surface area contributed by atoms with Crippen molar-refractivity contribution in [1.82, 2.24) is 10.2 Å². The minimum absolute atomic E-state index is 0. The fraction of sp³-hybridized carbons (Fsp3) is 0.667. The number of carbonyl (C=O) groups is 1. The van der Waals surface area contributed by atoms with Crippen molar-refractivity contribution in [2.45, 2.75) is 64.2 Å². The van der Waals surface area contributed by atoms with Gasteiger partial charge >= 0.3 is 0 Å². The number of ether oxygens (including phenoxy) is 1. The monoisotopic (exact) mass is 431 g/mol. The van der Waals surface area contributed by atoms with Crippen LogP contribution in [-0.4, -0.2) is 42.6 Å². The summed E-state index contributed by atoms with van der Waals surface area (Å²) < 4.78 is 5.34. The van der Waals surface area contributed by atoms with E-state index in [1.54, 1.807) is 0 Å². The maximum absolute atomic E-state index is 12.3. The molecule has 0 spiro atoms. The Morgan fingerprint density at radius 1 is 1.14 bits per heavy atom. The highest BCUT2D eigenvalue weighted by atomic mass is 35.5. The summed E-state index contributed by atoms with van der Waals surface area (Å²) in [6, 6.07) is 8.84. The molecule has 2 aliphatic heterocycles. The summed E-state index contributed by atoms with van der Waals surface area (Å²) in [5.74, 6) is 0.181. The first-order chi connectivity index (χ1) is 12.6. The van der Waals surface area contributed by atoms with Gasteiger partial charge in [-0.25, -0.2) is 0 Å². The fourth-order valence-electron chi connectivity index (χ4n) is 3.99. The Morgan fingerprint density at radius 2 is 1.79 bits per heavy atom. The highest BCUT2D eigenvalue weighted by Gasteiger charge is 2.26. The second-order valence-corrected chi connectivity index (χ2v) is 7.83. The van der Waals surface area contributed by atoms with Gasteiger partial charge in [0.05, 0.1) is 6.04 Å². The third-order valence-electron chi connectivity index (χ3n) is 5.89. The minimum atomic E-state index is -0.432. The molecule has 2 saturated heterocycles. The Kier molecular flexibility index (Phi) is 11.4. The molecule has 1 amide bonds. The summed E-state index contributed by atoms with van der Waals surface area (Å²) in [6.07, 6.45) is 5.71. The number of likely N-dealkylation sites (tertiary alicyclic amines) is 1. The Labute approximate surface area is 181 Å². The molecule has 1 aromatic carbocycles. The molecule has 2 atom stereocenters. The summed E-state index contributed by atoms with van der Waals surface area (Å²) in [5.41, 5.74) is 8.58. The smallest absolute Gasteiger partial charge is 0.237 e. The number of nitrogens with one attached hydrogen (secondary N) is 1. The van der Waals surface area contributed by atoms with Crippen LogP contribution in [-0.2, 0) is 22.6 Å². The molecular formula is C21H35Cl2N3O2. The van der Waals surface area contributed by atoms with E-state index >= 15 is 0 Å². The Bertz CT molecular complexity index is 580. The van der Waals surface area contributed by atoms with Crippen molar-refractivity contribution in [2.75, 3.05) is 19.8 Å². The largest absolute Gasteiger partial charge is 0.381 e. The van der Waals surface area contributed by atoms with Crippen LogP contribution in [0.5, 0.6) is 0 Å². The summed E-state index contributed by atoms with van der Waals surface area (Å²) in [5, 5.41) is 2.99. The van der Waals surface area contributed by atoms with Crippen molar-refractivity contribution in [2.24, 2.45) is 11.7 Å². The van der Waals surface area contributed by atoms with E-state index < -0.39 is 6.04 Å². The van der Waals surface area contributed by atoms with E-state index in [1.807, 2.05) is 0 Å². The molecule has 0 bridgehead atoms. The topological polar surface area (TPSA) is 67.6 Å². The first-order valence-electron chi connectivity index (χ1n) is 10.1. The first-order valence-corrected chi connectivity index (χ1v) is 10.1. The highest BCUT2D eigenvalue weighted by molar-refractivity contribution is 5.85. The van der Waals surface area contributed by atoms with Gasteiger partial charge in [-0.1, -0.05) is 30.7 Å². The van der Waals surface area contributed by atoms with E-state index in [4.69, 9.17) is 10.5 Å². The zero-order valence-electron chi connectivity index (χ0n) is 16.8. The van der Waals surface area contributed by atoms with E-state index in [1.165, 1.54) is 31.4 Å². The maximum atomic E-state index is 12.3. The van der Waals surface area contributed by atoms with Crippen LogP contribution in [0.2, 0.25) is 0 Å². The van der Waals surface area contributed by atoms with Crippen LogP contribution in [0.3, 0.4) is 0 Å². The standard InChI is InChI=1S/C21H33N3O2.2ClH/c1-16-4-2-3-11-24(16)15-18-7-5-17(6-8-18)14-23-21(25)20(22)19-9-12-26-13-10-19;;/h5-8,16,19-20H,2-4,9-15,22H2,1H3,(H,23,25);2*1H. The molecule has 2 fully saturated rings. The third kappa shape index (κ3) is 7.20. The molecule has 2 aliphatic rings. The lowest BCUT2D eigenvalue weighted by Crippen LogP contribution is -2.46. The Hall–Kier alpha value is -0.850. The number of halogens is 2. The SMILES string of the molecule is CC1CCCCN1Cc1ccc(CNC(=O)C(N)C2CCOCC2)cc1.Cl.Cl. The van der Waals surface area contributed by atoms with Crippen molar-refractivity contribution < 1.29 is 9.53 Å². The number of nitrogens with zero attached hydrogens (tertiary/aromatic N) is 1. The van der Waals surface area contributed by atoms with Gasteiger partial charge in [-0.3, -0.25) is 9.69 Å². The predicted molar refractivity (Wildman–Crippen MR) is 118 cm³/mol. The number of carbonyl (C=O) groups excluding carboxylic acids is 1. The van der Waals surface area contributed by atoms with Crippen molar-refractivity contribution in [3.8, 4) is 0 Å². The molecule has 5 nitrogen and oxygen atoms in total. The molecule has 0 aliphatic carbocycles. The molecule has 2 unspecified atom stereocenters. The molecule has 160 valence electrons. The van der Waals surface area contributed by atoms with Crippen molar-refractivity contribution in [3.63, 3.8) is 0 Å². The van der Waals surface area contributed by atoms with Gasteiger partial charge in [0.25, 0.3) is 0 Å². The van der Waals surface area contributed by atoms with Crippen LogP contribution in [0, 0.1) is 5.92 Å². The third-order valence-corrected chi connectivity index (χ3v) is 5.89. The van der Waals surface area contributed by atoms with Gasteiger partial charge in [0, 0.05) is 32.3 Å². The number of hydrogen-bond donors (Lipinski definition) is 2. The average molecular weight is 432 g/mol. The lowest BCUT2D eigenvalue weighted by molar-refractivity contribution is -0.124. The molecule has 3 rings (SSSR count). The average Bonchev–Trinajstić information content (AvgIpc) is 2.69. The van der Waals surface area contributed by atoms with Gasteiger partial charge in [0.1, 0.15) is 0 Å². The number of nitrogens with two attached hydrogens (primary N) is 1. The van der Waals surface area contributed by atoms with Gasteiger partial charge < -0.3 is 15.8 Å². The van der Waals surface area contributed by atoms with E-state index in [0.717, 1.165) is 24.9 Å². The molecule has 28 heavy (non-hydrogen) atoms. The lowest BCUT2D eigenvalue weighted by Gasteiger charge is -2.33. The molecular weight excluding hydrogens is 397 g/mol. The highest BCUT2D eigenvalue weighted by Crippen LogP contribution is 2.20. The van der Waals surface area contributed by atoms with Gasteiger partial charge in [-0.2, -0.15) is 0 Å². The fourth-order valence-corrected chi connectivity index (χ4v) is 3.99. The van der Waals surface area contributed by atoms with Crippen LogP contribution >= 0.6 is 24.8 Å². The zero-order chi connectivity index (χ0) is 18.4. The first kappa shape index (κ1) is 25.2. The second-order valence-electron chi connectivity index (χ2n) is 7.83. The molecule has 0 saturated carbocycles. The predicted octanol–water partition coefficient (Wildman–Crippen LogP) is 3.27. The summed E-state index contributed by atoms with van der Waals surface area (Å²) in [7, 11) is 0. The Balaban J connectivity index is 0.00000196. The van der Waals surface area contributed by atoms with Crippen LogP contribution in [0.25, 0.3) is 0 Å². The van der Waals surface area contributed by atoms with Crippen molar-refractivity contribution >= 4 is 30.7 Å². The molecule has 0 aromatic heterocycles. The number of rotatable bonds is 6. The second kappa shape index (κ2) is 12.7. The number of amides is 1. The van der Waals surface area contributed by atoms with Gasteiger partial charge in [0.15, 0.2) is 0 Å². The number of benzene rings is 1.